The van der Waals surface area contributed by atoms with Crippen LogP contribution in [0, 0.1) is 0 Å². The SMILES string of the molecule is CCSC1=NC2=NC(=O)C=C(O)C2S1. The Balaban J connectivity index is 2.23. The van der Waals surface area contributed by atoms with Gasteiger partial charge in [0.15, 0.2) is 5.84 Å². The topological polar surface area (TPSA) is 62.0 Å². The van der Waals surface area contributed by atoms with Gasteiger partial charge in [-0.05, 0) is 5.75 Å². The number of carbonyl (C=O) groups is 1. The number of nitrogens with zero attached hydrogens (tertiary/aromatic N) is 2. The molecule has 0 saturated heterocycles. The van der Waals surface area contributed by atoms with Crippen molar-refractivity contribution in [2.75, 3.05) is 5.75 Å². The van der Waals surface area contributed by atoms with Gasteiger partial charge in [0.2, 0.25) is 0 Å². The Hall–Kier alpha value is -0.750. The monoisotopic (exact) mass is 228 g/mol. The van der Waals surface area contributed by atoms with Gasteiger partial charge in [-0.25, -0.2) is 4.99 Å². The Morgan fingerprint density at radius 3 is 3.14 bits per heavy atom. The average Bonchev–Trinajstić information content (AvgIpc) is 2.48. The number of amidine groups is 1. The van der Waals surface area contributed by atoms with Crippen molar-refractivity contribution < 1.29 is 9.90 Å². The molecule has 6 heteroatoms. The summed E-state index contributed by atoms with van der Waals surface area (Å²) in [6.45, 7) is 2.03. The fourth-order valence-electron chi connectivity index (χ4n) is 1.15. The largest absolute Gasteiger partial charge is 0.510 e. The van der Waals surface area contributed by atoms with Crippen molar-refractivity contribution >= 4 is 39.6 Å². The molecule has 1 unspecified atom stereocenters. The number of fused-ring (bicyclic) bond motifs is 1. The Morgan fingerprint density at radius 2 is 2.43 bits per heavy atom. The number of hydrogen-bond donors (Lipinski definition) is 1. The van der Waals surface area contributed by atoms with E-state index in [0.29, 0.717) is 5.84 Å². The molecule has 14 heavy (non-hydrogen) atoms. The highest BCUT2D eigenvalue weighted by Gasteiger charge is 2.33. The molecule has 1 amide bonds. The van der Waals surface area contributed by atoms with E-state index >= 15 is 0 Å². The number of aliphatic hydroxyl groups is 1. The number of hydrogen-bond acceptors (Lipinski definition) is 5. The van der Waals surface area contributed by atoms with Crippen molar-refractivity contribution in [3.63, 3.8) is 0 Å². The van der Waals surface area contributed by atoms with Crippen molar-refractivity contribution in [1.29, 1.82) is 0 Å². The predicted octanol–water partition coefficient (Wildman–Crippen LogP) is 1.59. The van der Waals surface area contributed by atoms with Crippen LogP contribution in [0.15, 0.2) is 21.8 Å². The van der Waals surface area contributed by atoms with Crippen LogP contribution < -0.4 is 0 Å². The summed E-state index contributed by atoms with van der Waals surface area (Å²) >= 11 is 3.03. The van der Waals surface area contributed by atoms with Gasteiger partial charge in [-0.15, -0.1) is 0 Å². The first kappa shape index (κ1) is 9.79. The second kappa shape index (κ2) is 3.78. The third-order valence-electron chi connectivity index (χ3n) is 1.69. The maximum Gasteiger partial charge on any atom is 0.274 e. The molecule has 1 N–H and O–H groups in total. The van der Waals surface area contributed by atoms with Gasteiger partial charge in [0.05, 0.1) is 0 Å². The van der Waals surface area contributed by atoms with Crippen LogP contribution in [0.1, 0.15) is 6.92 Å². The summed E-state index contributed by atoms with van der Waals surface area (Å²) < 4.78 is 0.867. The molecule has 0 aliphatic carbocycles. The molecule has 2 aliphatic heterocycles. The van der Waals surface area contributed by atoms with E-state index in [1.807, 2.05) is 6.92 Å². The lowest BCUT2D eigenvalue weighted by atomic mass is 10.2. The van der Waals surface area contributed by atoms with Crippen LogP contribution in [-0.2, 0) is 4.79 Å². The summed E-state index contributed by atoms with van der Waals surface area (Å²) in [6, 6.07) is 0. The summed E-state index contributed by atoms with van der Waals surface area (Å²) in [7, 11) is 0. The fraction of sp³-hybridized carbons (Fsp3) is 0.375. The normalized spacial score (nSPS) is 25.4. The smallest absolute Gasteiger partial charge is 0.274 e. The number of thioether (sulfide) groups is 2. The molecule has 0 saturated carbocycles. The molecule has 1 atom stereocenters. The predicted molar refractivity (Wildman–Crippen MR) is 60.1 cm³/mol. The highest BCUT2D eigenvalue weighted by Crippen LogP contribution is 2.34. The Labute approximate surface area is 89.6 Å². The number of rotatable bonds is 1. The minimum atomic E-state index is -0.430. The van der Waals surface area contributed by atoms with E-state index < -0.39 is 5.91 Å². The van der Waals surface area contributed by atoms with Crippen molar-refractivity contribution in [2.45, 2.75) is 12.2 Å². The maximum atomic E-state index is 11.0. The molecule has 4 nitrogen and oxygen atoms in total. The maximum absolute atomic E-state index is 11.0. The number of dihydropyridines is 1. The third-order valence-corrected chi connectivity index (χ3v) is 3.94. The Bertz CT molecular complexity index is 374. The van der Waals surface area contributed by atoms with E-state index in [0.717, 1.165) is 16.2 Å². The van der Waals surface area contributed by atoms with Gasteiger partial charge in [-0.1, -0.05) is 30.4 Å². The highest BCUT2D eigenvalue weighted by atomic mass is 32.2. The van der Waals surface area contributed by atoms with Crippen LogP contribution in [0.5, 0.6) is 0 Å². The quantitative estimate of drug-likeness (QED) is 0.740. The lowest BCUT2D eigenvalue weighted by Crippen LogP contribution is -2.20. The van der Waals surface area contributed by atoms with Crippen LogP contribution in [0.3, 0.4) is 0 Å². The molecule has 2 aliphatic rings. The Morgan fingerprint density at radius 1 is 1.64 bits per heavy atom. The van der Waals surface area contributed by atoms with Crippen molar-refractivity contribution in [3.05, 3.63) is 11.8 Å². The van der Waals surface area contributed by atoms with Gasteiger partial charge in [0, 0.05) is 6.08 Å². The van der Waals surface area contributed by atoms with E-state index in [2.05, 4.69) is 9.98 Å². The molecule has 2 rings (SSSR count). The van der Waals surface area contributed by atoms with Gasteiger partial charge in [-0.3, -0.25) is 4.79 Å². The van der Waals surface area contributed by atoms with Gasteiger partial charge in [0.1, 0.15) is 15.4 Å². The second-order valence-electron chi connectivity index (χ2n) is 2.69. The minimum Gasteiger partial charge on any atom is -0.510 e. The van der Waals surface area contributed by atoms with Crippen LogP contribution in [0.2, 0.25) is 0 Å². The molecule has 2 heterocycles. The summed E-state index contributed by atoms with van der Waals surface area (Å²) in [4.78, 5) is 18.9. The van der Waals surface area contributed by atoms with E-state index in [1.165, 1.54) is 11.8 Å². The zero-order valence-corrected chi connectivity index (χ0v) is 9.06. The number of aliphatic hydroxyl groups excluding tert-OH is 1. The van der Waals surface area contributed by atoms with E-state index in [9.17, 15) is 9.90 Å². The lowest BCUT2D eigenvalue weighted by Gasteiger charge is -2.10. The lowest BCUT2D eigenvalue weighted by molar-refractivity contribution is -0.113. The zero-order valence-electron chi connectivity index (χ0n) is 7.43. The summed E-state index contributed by atoms with van der Waals surface area (Å²) in [5.41, 5.74) is 0. The van der Waals surface area contributed by atoms with Crippen molar-refractivity contribution in [1.82, 2.24) is 0 Å². The van der Waals surface area contributed by atoms with Crippen molar-refractivity contribution in [3.8, 4) is 0 Å². The Kier molecular flexibility index (Phi) is 2.64. The molecular formula is C8H8N2O2S2. The first-order valence-electron chi connectivity index (χ1n) is 4.12. The van der Waals surface area contributed by atoms with E-state index in [4.69, 9.17) is 0 Å². The first-order valence-corrected chi connectivity index (χ1v) is 5.98. The minimum absolute atomic E-state index is 0.0560. The van der Waals surface area contributed by atoms with Crippen molar-refractivity contribution in [2.24, 2.45) is 9.98 Å². The summed E-state index contributed by atoms with van der Waals surface area (Å²) in [5.74, 6) is 0.974. The average molecular weight is 228 g/mol. The molecule has 0 aromatic rings. The first-order chi connectivity index (χ1) is 6.70. The number of aliphatic imine (C=N–C) groups is 2. The van der Waals surface area contributed by atoms with Gasteiger partial charge >= 0.3 is 0 Å². The molecule has 0 aromatic carbocycles. The van der Waals surface area contributed by atoms with Crippen LogP contribution in [0.4, 0.5) is 0 Å². The highest BCUT2D eigenvalue weighted by molar-refractivity contribution is 8.39. The van der Waals surface area contributed by atoms with Crippen LogP contribution in [-0.4, -0.2) is 32.2 Å². The fourth-order valence-corrected chi connectivity index (χ4v) is 3.21. The standard InChI is InChI=1S/C8H8N2O2S2/c1-2-13-8-10-7-6(14-8)4(11)3-5(12)9-7/h3,6,11H,2H2,1H3. The van der Waals surface area contributed by atoms with E-state index in [-0.39, 0.29) is 11.0 Å². The molecule has 74 valence electrons. The van der Waals surface area contributed by atoms with Gasteiger partial charge < -0.3 is 5.11 Å². The molecule has 0 radical (unpaired) electrons. The van der Waals surface area contributed by atoms with Gasteiger partial charge in [0.25, 0.3) is 5.91 Å². The summed E-state index contributed by atoms with van der Waals surface area (Å²) in [5, 5.41) is 9.23. The number of carbonyl (C=O) groups excluding carboxylic acids is 1. The molecule has 0 spiro atoms. The van der Waals surface area contributed by atoms with E-state index in [1.54, 1.807) is 11.8 Å². The molecule has 0 fully saturated rings. The molecule has 0 aromatic heterocycles. The third kappa shape index (κ3) is 1.72. The van der Waals surface area contributed by atoms with Gasteiger partial charge in [-0.2, -0.15) is 4.99 Å². The molecule has 0 bridgehead atoms. The second-order valence-corrected chi connectivity index (χ2v) is 5.29. The zero-order chi connectivity index (χ0) is 10.1. The molecular weight excluding hydrogens is 220 g/mol. The van der Waals surface area contributed by atoms with Crippen LogP contribution in [0.25, 0.3) is 0 Å². The summed E-state index contributed by atoms with van der Waals surface area (Å²) in [6.07, 6.45) is 1.15. The number of amides is 1. The van der Waals surface area contributed by atoms with Crippen LogP contribution >= 0.6 is 23.5 Å².